The van der Waals surface area contributed by atoms with Crippen LogP contribution in [0, 0.1) is 12.8 Å². The van der Waals surface area contributed by atoms with Gasteiger partial charge in [-0.25, -0.2) is 14.8 Å². The first-order chi connectivity index (χ1) is 14.6. The van der Waals surface area contributed by atoms with Crippen molar-refractivity contribution in [3.63, 3.8) is 0 Å². The third kappa shape index (κ3) is 3.45. The Morgan fingerprint density at radius 2 is 2.03 bits per heavy atom. The summed E-state index contributed by atoms with van der Waals surface area (Å²) in [5, 5.41) is 3.07. The van der Waals surface area contributed by atoms with Crippen LogP contribution in [0.25, 0.3) is 22.3 Å². The van der Waals surface area contributed by atoms with Crippen LogP contribution in [0.2, 0.25) is 0 Å². The molecule has 5 rings (SSSR count). The minimum Gasteiger partial charge on any atom is -0.381 e. The first kappa shape index (κ1) is 18.8. The molecule has 2 aliphatic heterocycles. The maximum Gasteiger partial charge on any atom is 0.323 e. The van der Waals surface area contributed by atoms with Gasteiger partial charge in [0, 0.05) is 25.3 Å². The first-order valence-electron chi connectivity index (χ1n) is 10.3. The van der Waals surface area contributed by atoms with Gasteiger partial charge in [-0.1, -0.05) is 0 Å². The van der Waals surface area contributed by atoms with E-state index in [1.54, 1.807) is 11.1 Å². The van der Waals surface area contributed by atoms with Crippen LogP contribution < -0.4 is 15.9 Å². The normalized spacial score (nSPS) is 17.2. The number of benzene rings is 1. The highest BCUT2D eigenvalue weighted by Crippen LogP contribution is 2.31. The maximum absolute atomic E-state index is 12.6. The number of aryl methyl sites for hydroxylation is 1. The number of hydrogen-bond donors (Lipinski definition) is 3. The molecule has 1 aromatic carbocycles. The number of ether oxygens (including phenoxy) is 1. The van der Waals surface area contributed by atoms with Crippen LogP contribution in [0.1, 0.15) is 24.8 Å². The topological polar surface area (TPSA) is 116 Å². The van der Waals surface area contributed by atoms with E-state index in [-0.39, 0.29) is 18.1 Å². The lowest BCUT2D eigenvalue weighted by atomic mass is 9.96. The lowest BCUT2D eigenvalue weighted by Crippen LogP contribution is -2.42. The van der Waals surface area contributed by atoms with E-state index < -0.39 is 0 Å². The van der Waals surface area contributed by atoms with E-state index in [4.69, 9.17) is 9.72 Å². The van der Waals surface area contributed by atoms with Gasteiger partial charge in [0.15, 0.2) is 11.6 Å². The van der Waals surface area contributed by atoms with Crippen molar-refractivity contribution in [2.75, 3.05) is 36.5 Å². The van der Waals surface area contributed by atoms with Crippen LogP contribution in [0.15, 0.2) is 23.1 Å². The fraction of sp³-hybridized carbons (Fsp3) is 0.429. The summed E-state index contributed by atoms with van der Waals surface area (Å²) in [5.74, 6) is 1.76. The fourth-order valence-electron chi connectivity index (χ4n) is 4.25. The number of nitrogens with zero attached hydrogens (tertiary/aromatic N) is 3. The Bertz CT molecular complexity index is 1160. The van der Waals surface area contributed by atoms with Crippen molar-refractivity contribution < 1.29 is 9.53 Å². The average Bonchev–Trinajstić information content (AvgIpc) is 3.14. The molecule has 156 valence electrons. The van der Waals surface area contributed by atoms with E-state index in [9.17, 15) is 9.59 Å². The van der Waals surface area contributed by atoms with Gasteiger partial charge in [0.2, 0.25) is 5.91 Å². The summed E-state index contributed by atoms with van der Waals surface area (Å²) in [6, 6.07) is 3.84. The number of nitrogens with one attached hydrogen (secondary N) is 3. The molecule has 9 nitrogen and oxygen atoms in total. The van der Waals surface area contributed by atoms with E-state index in [0.717, 1.165) is 54.6 Å². The second-order valence-electron chi connectivity index (χ2n) is 7.97. The minimum atomic E-state index is -0.240. The Balaban J connectivity index is 1.47. The third-order valence-corrected chi connectivity index (χ3v) is 5.94. The van der Waals surface area contributed by atoms with Gasteiger partial charge in [-0.3, -0.25) is 9.69 Å². The Morgan fingerprint density at radius 3 is 2.87 bits per heavy atom. The number of aromatic amines is 2. The van der Waals surface area contributed by atoms with Gasteiger partial charge in [-0.15, -0.1) is 0 Å². The van der Waals surface area contributed by atoms with Crippen molar-refractivity contribution in [1.82, 2.24) is 19.9 Å². The van der Waals surface area contributed by atoms with Gasteiger partial charge in [0.05, 0.1) is 29.5 Å². The molecule has 9 heteroatoms. The first-order valence-corrected chi connectivity index (χ1v) is 10.3. The Kier molecular flexibility index (Phi) is 4.74. The van der Waals surface area contributed by atoms with Gasteiger partial charge in [0.1, 0.15) is 0 Å². The summed E-state index contributed by atoms with van der Waals surface area (Å²) in [5.41, 5.74) is 3.70. The lowest BCUT2D eigenvalue weighted by molar-refractivity contribution is -0.117. The van der Waals surface area contributed by atoms with Gasteiger partial charge in [-0.05, 0) is 49.8 Å². The molecule has 0 atom stereocenters. The van der Waals surface area contributed by atoms with E-state index in [0.29, 0.717) is 29.8 Å². The zero-order valence-corrected chi connectivity index (χ0v) is 16.8. The van der Waals surface area contributed by atoms with E-state index >= 15 is 0 Å². The number of fused-ring (bicyclic) bond motifs is 2. The van der Waals surface area contributed by atoms with E-state index in [2.05, 4.69) is 20.3 Å². The number of H-pyrrole nitrogens is 2. The molecule has 3 aromatic rings. The zero-order valence-electron chi connectivity index (χ0n) is 16.8. The Morgan fingerprint density at radius 1 is 1.20 bits per heavy atom. The van der Waals surface area contributed by atoms with Crippen molar-refractivity contribution in [3.8, 4) is 11.3 Å². The third-order valence-electron chi connectivity index (χ3n) is 5.94. The number of hydrogen-bond acceptors (Lipinski definition) is 6. The highest BCUT2D eigenvalue weighted by molar-refractivity contribution is 6.01. The quantitative estimate of drug-likeness (QED) is 0.609. The molecule has 3 N–H and O–H groups in total. The largest absolute Gasteiger partial charge is 0.381 e. The number of anilines is 2. The lowest BCUT2D eigenvalue weighted by Gasteiger charge is -2.30. The van der Waals surface area contributed by atoms with Crippen molar-refractivity contribution in [3.05, 3.63) is 34.4 Å². The number of rotatable bonds is 4. The van der Waals surface area contributed by atoms with E-state index in [1.807, 2.05) is 19.1 Å². The standard InChI is InChI=1S/C21H24N6O3/c1-12-8-14(9-15-18(12)26-21(29)25-15)16-10-22-19-20(24-16)27(17(28)11-23-19)5-2-13-3-6-30-7-4-13/h8-10,13H,2-7,11H2,1H3,(H,22,23)(H2,25,26,29). The predicted octanol–water partition coefficient (Wildman–Crippen LogP) is 2.20. The summed E-state index contributed by atoms with van der Waals surface area (Å²) < 4.78 is 5.44. The number of aromatic nitrogens is 4. The second kappa shape index (κ2) is 7.56. The SMILES string of the molecule is Cc1cc(-c2cnc3c(n2)N(CCC2CCOCC2)C(=O)CN3)cc2[nH]c(=O)[nH]c12. The molecular weight excluding hydrogens is 384 g/mol. The summed E-state index contributed by atoms with van der Waals surface area (Å²) in [6.45, 7) is 4.38. The molecule has 1 amide bonds. The minimum absolute atomic E-state index is 0.00241. The molecule has 1 saturated heterocycles. The van der Waals surface area contributed by atoms with Gasteiger partial charge < -0.3 is 20.0 Å². The van der Waals surface area contributed by atoms with Crippen molar-refractivity contribution in [2.24, 2.45) is 5.92 Å². The molecule has 30 heavy (non-hydrogen) atoms. The maximum atomic E-state index is 12.6. The molecule has 0 spiro atoms. The van der Waals surface area contributed by atoms with Gasteiger partial charge >= 0.3 is 5.69 Å². The number of imidazole rings is 1. The molecule has 0 aliphatic carbocycles. The van der Waals surface area contributed by atoms with Crippen LogP contribution in [-0.4, -0.2) is 52.1 Å². The smallest absolute Gasteiger partial charge is 0.323 e. The van der Waals surface area contributed by atoms with Crippen LogP contribution >= 0.6 is 0 Å². The van der Waals surface area contributed by atoms with Crippen LogP contribution in [-0.2, 0) is 9.53 Å². The molecule has 0 bridgehead atoms. The highest BCUT2D eigenvalue weighted by Gasteiger charge is 2.28. The van der Waals surface area contributed by atoms with Crippen molar-refractivity contribution in [1.29, 1.82) is 0 Å². The number of carbonyl (C=O) groups excluding carboxylic acids is 1. The van der Waals surface area contributed by atoms with Crippen molar-refractivity contribution in [2.45, 2.75) is 26.2 Å². The van der Waals surface area contributed by atoms with Crippen molar-refractivity contribution >= 4 is 28.6 Å². The second-order valence-corrected chi connectivity index (χ2v) is 7.97. The highest BCUT2D eigenvalue weighted by atomic mass is 16.5. The molecule has 2 aromatic heterocycles. The summed E-state index contributed by atoms with van der Waals surface area (Å²) in [6.07, 6.45) is 4.69. The average molecular weight is 408 g/mol. The van der Waals surface area contributed by atoms with Gasteiger partial charge in [0.25, 0.3) is 0 Å². The number of amides is 1. The van der Waals surface area contributed by atoms with Crippen LogP contribution in [0.4, 0.5) is 11.6 Å². The molecular formula is C21H24N6O3. The summed E-state index contributed by atoms with van der Waals surface area (Å²) in [4.78, 5) is 41.0. The molecule has 1 fully saturated rings. The van der Waals surface area contributed by atoms with E-state index in [1.165, 1.54) is 0 Å². The summed E-state index contributed by atoms with van der Waals surface area (Å²) >= 11 is 0. The molecule has 4 heterocycles. The fourth-order valence-corrected chi connectivity index (χ4v) is 4.25. The molecule has 0 unspecified atom stereocenters. The zero-order chi connectivity index (χ0) is 20.7. The summed E-state index contributed by atoms with van der Waals surface area (Å²) in [7, 11) is 0. The Labute approximate surface area is 172 Å². The molecule has 0 radical (unpaired) electrons. The number of carbonyl (C=O) groups is 1. The monoisotopic (exact) mass is 408 g/mol. The molecule has 2 aliphatic rings. The molecule has 0 saturated carbocycles. The predicted molar refractivity (Wildman–Crippen MR) is 114 cm³/mol. The van der Waals surface area contributed by atoms with Crippen LogP contribution in [0.3, 0.4) is 0 Å². The van der Waals surface area contributed by atoms with Gasteiger partial charge in [-0.2, -0.15) is 0 Å². The van der Waals surface area contributed by atoms with Crippen LogP contribution in [0.5, 0.6) is 0 Å². The Hall–Kier alpha value is -3.20.